The fourth-order valence-corrected chi connectivity index (χ4v) is 3.40. The minimum atomic E-state index is -0.821. The second-order valence-electron chi connectivity index (χ2n) is 4.64. The van der Waals surface area contributed by atoms with Crippen LogP contribution in [0.3, 0.4) is 0 Å². The number of aromatic carboxylic acids is 1. The van der Waals surface area contributed by atoms with Crippen LogP contribution in [0.5, 0.6) is 0 Å². The van der Waals surface area contributed by atoms with Crippen molar-refractivity contribution in [3.63, 3.8) is 0 Å². The number of thioether (sulfide) groups is 1. The van der Waals surface area contributed by atoms with Crippen molar-refractivity contribution in [2.75, 3.05) is 5.75 Å². The largest absolute Gasteiger partial charge is 0.478 e. The molecule has 1 aliphatic rings. The Hall–Kier alpha value is -0.960. The summed E-state index contributed by atoms with van der Waals surface area (Å²) in [6.45, 7) is 4.05. The molecule has 0 aliphatic heterocycles. The van der Waals surface area contributed by atoms with Crippen LogP contribution in [0.2, 0.25) is 0 Å². The fraction of sp³-hybridized carbons (Fsp3) is 0.500. The van der Waals surface area contributed by atoms with Gasteiger partial charge in [0, 0.05) is 10.6 Å². The average molecular weight is 250 g/mol. The van der Waals surface area contributed by atoms with E-state index in [1.807, 2.05) is 24.8 Å². The molecule has 92 valence electrons. The van der Waals surface area contributed by atoms with Gasteiger partial charge in [0.1, 0.15) is 0 Å². The number of carboxylic acid groups (broad SMARTS) is 1. The summed E-state index contributed by atoms with van der Waals surface area (Å²) in [7, 11) is 0. The third-order valence-electron chi connectivity index (χ3n) is 3.26. The maximum atomic E-state index is 11.1. The highest BCUT2D eigenvalue weighted by molar-refractivity contribution is 7.99. The van der Waals surface area contributed by atoms with Gasteiger partial charge in [0.15, 0.2) is 0 Å². The third kappa shape index (κ3) is 2.83. The summed E-state index contributed by atoms with van der Waals surface area (Å²) >= 11 is 1.84. The molecule has 1 fully saturated rings. The van der Waals surface area contributed by atoms with Crippen LogP contribution < -0.4 is 0 Å². The van der Waals surface area contributed by atoms with Gasteiger partial charge in [-0.25, -0.2) is 4.79 Å². The molecule has 2 nitrogen and oxygen atoms in total. The molecule has 0 unspecified atom stereocenters. The van der Waals surface area contributed by atoms with Crippen molar-refractivity contribution in [1.82, 2.24) is 0 Å². The number of hydrogen-bond donors (Lipinski definition) is 1. The van der Waals surface area contributed by atoms with Crippen LogP contribution in [0, 0.1) is 12.8 Å². The molecule has 1 aliphatic carbocycles. The molecule has 0 aromatic heterocycles. The summed E-state index contributed by atoms with van der Waals surface area (Å²) in [5.41, 5.74) is 2.65. The maximum Gasteiger partial charge on any atom is 0.335 e. The molecule has 0 bridgehead atoms. The van der Waals surface area contributed by atoms with Crippen molar-refractivity contribution in [2.24, 2.45) is 5.92 Å². The lowest BCUT2D eigenvalue weighted by Crippen LogP contribution is -2.03. The lowest BCUT2D eigenvalue weighted by molar-refractivity contribution is 0.0696. The van der Waals surface area contributed by atoms with Crippen LogP contribution >= 0.6 is 11.8 Å². The van der Waals surface area contributed by atoms with Crippen molar-refractivity contribution in [3.05, 3.63) is 28.8 Å². The lowest BCUT2D eigenvalue weighted by Gasteiger charge is -2.13. The quantitative estimate of drug-likeness (QED) is 0.808. The average Bonchev–Trinajstić information content (AvgIpc) is 3.10. The zero-order chi connectivity index (χ0) is 12.4. The van der Waals surface area contributed by atoms with E-state index in [4.69, 9.17) is 5.11 Å². The van der Waals surface area contributed by atoms with E-state index in [0.717, 1.165) is 23.7 Å². The predicted molar refractivity (Wildman–Crippen MR) is 71.0 cm³/mol. The summed E-state index contributed by atoms with van der Waals surface area (Å²) in [6, 6.07) is 3.70. The van der Waals surface area contributed by atoms with E-state index in [2.05, 4.69) is 6.92 Å². The van der Waals surface area contributed by atoms with E-state index < -0.39 is 5.97 Å². The molecule has 1 N–H and O–H groups in total. The van der Waals surface area contributed by atoms with Crippen LogP contribution in [0.15, 0.2) is 17.0 Å². The zero-order valence-corrected chi connectivity index (χ0v) is 11.1. The number of carboxylic acids is 1. The molecule has 0 amide bonds. The monoisotopic (exact) mass is 250 g/mol. The highest BCUT2D eigenvalue weighted by Gasteiger charge is 2.22. The summed E-state index contributed by atoms with van der Waals surface area (Å²) in [6.07, 6.45) is 3.64. The summed E-state index contributed by atoms with van der Waals surface area (Å²) in [5.74, 6) is 1.17. The molecule has 3 heteroatoms. The first kappa shape index (κ1) is 12.5. The standard InChI is InChI=1S/C14H18O2S/c1-3-11-6-7-12(14(15)16)9(2)13(11)17-8-10-4-5-10/h6-7,10H,3-5,8H2,1-2H3,(H,15,16). The van der Waals surface area contributed by atoms with E-state index in [1.165, 1.54) is 23.3 Å². The molecule has 1 aromatic carbocycles. The van der Waals surface area contributed by atoms with Gasteiger partial charge < -0.3 is 5.11 Å². The molecule has 0 spiro atoms. The first-order valence-corrected chi connectivity index (χ1v) is 7.10. The van der Waals surface area contributed by atoms with Crippen LogP contribution in [-0.4, -0.2) is 16.8 Å². The predicted octanol–water partition coefficient (Wildman–Crippen LogP) is 3.76. The fourth-order valence-electron chi connectivity index (χ4n) is 1.94. The highest BCUT2D eigenvalue weighted by Crippen LogP contribution is 2.38. The first-order chi connectivity index (χ1) is 8.13. The molecular weight excluding hydrogens is 232 g/mol. The Labute approximate surface area is 106 Å². The Morgan fingerprint density at radius 3 is 2.71 bits per heavy atom. The molecule has 1 aromatic rings. The van der Waals surface area contributed by atoms with Crippen molar-refractivity contribution in [2.45, 2.75) is 38.0 Å². The van der Waals surface area contributed by atoms with Crippen LogP contribution in [0.25, 0.3) is 0 Å². The second-order valence-corrected chi connectivity index (χ2v) is 5.67. The minimum Gasteiger partial charge on any atom is -0.478 e. The summed E-state index contributed by atoms with van der Waals surface area (Å²) in [4.78, 5) is 12.3. The van der Waals surface area contributed by atoms with Crippen molar-refractivity contribution in [1.29, 1.82) is 0 Å². The van der Waals surface area contributed by atoms with Gasteiger partial charge in [-0.2, -0.15) is 0 Å². The van der Waals surface area contributed by atoms with Crippen molar-refractivity contribution in [3.8, 4) is 0 Å². The van der Waals surface area contributed by atoms with E-state index in [0.29, 0.717) is 5.56 Å². The number of hydrogen-bond acceptors (Lipinski definition) is 2. The number of rotatable bonds is 5. The van der Waals surface area contributed by atoms with Crippen LogP contribution in [0.1, 0.15) is 41.3 Å². The number of carbonyl (C=O) groups is 1. The smallest absolute Gasteiger partial charge is 0.335 e. The van der Waals surface area contributed by atoms with Crippen molar-refractivity contribution >= 4 is 17.7 Å². The van der Waals surface area contributed by atoms with Gasteiger partial charge in [-0.3, -0.25) is 0 Å². The Bertz CT molecular complexity index is 436. The maximum absolute atomic E-state index is 11.1. The Kier molecular flexibility index (Phi) is 3.77. The van der Waals surface area contributed by atoms with Gasteiger partial charge in [-0.1, -0.05) is 13.0 Å². The summed E-state index contributed by atoms with van der Waals surface area (Å²) in [5, 5.41) is 9.13. The van der Waals surface area contributed by atoms with Crippen LogP contribution in [-0.2, 0) is 6.42 Å². The second kappa shape index (κ2) is 5.13. The SMILES string of the molecule is CCc1ccc(C(=O)O)c(C)c1SCC1CC1. The van der Waals surface area contributed by atoms with E-state index in [-0.39, 0.29) is 0 Å². The Morgan fingerprint density at radius 1 is 1.47 bits per heavy atom. The molecule has 1 saturated carbocycles. The van der Waals surface area contributed by atoms with Gasteiger partial charge in [0.25, 0.3) is 0 Å². The molecule has 0 radical (unpaired) electrons. The lowest BCUT2D eigenvalue weighted by atomic mass is 10.0. The van der Waals surface area contributed by atoms with Gasteiger partial charge >= 0.3 is 5.97 Å². The normalized spacial score (nSPS) is 14.9. The molecule has 17 heavy (non-hydrogen) atoms. The topological polar surface area (TPSA) is 37.3 Å². The van der Waals surface area contributed by atoms with Crippen molar-refractivity contribution < 1.29 is 9.90 Å². The third-order valence-corrected chi connectivity index (χ3v) is 4.75. The van der Waals surface area contributed by atoms with Gasteiger partial charge in [0.2, 0.25) is 0 Å². The summed E-state index contributed by atoms with van der Waals surface area (Å²) < 4.78 is 0. The molecular formula is C14H18O2S. The zero-order valence-electron chi connectivity index (χ0n) is 10.3. The number of aryl methyl sites for hydroxylation is 1. The van der Waals surface area contributed by atoms with E-state index >= 15 is 0 Å². The first-order valence-electron chi connectivity index (χ1n) is 6.12. The molecule has 2 rings (SSSR count). The van der Waals surface area contributed by atoms with Gasteiger partial charge in [0.05, 0.1) is 5.56 Å². The Morgan fingerprint density at radius 2 is 2.18 bits per heavy atom. The molecule has 0 atom stereocenters. The van der Waals surface area contributed by atoms with Gasteiger partial charge in [-0.05, 0) is 49.3 Å². The van der Waals surface area contributed by atoms with E-state index in [9.17, 15) is 4.79 Å². The minimum absolute atomic E-state index is 0.445. The molecule has 0 heterocycles. The number of benzene rings is 1. The van der Waals surface area contributed by atoms with Crippen LogP contribution in [0.4, 0.5) is 0 Å². The van der Waals surface area contributed by atoms with Gasteiger partial charge in [-0.15, -0.1) is 11.8 Å². The van der Waals surface area contributed by atoms with E-state index in [1.54, 1.807) is 6.07 Å². The molecule has 0 saturated heterocycles. The highest BCUT2D eigenvalue weighted by atomic mass is 32.2. The Balaban J connectivity index is 2.29.